The number of amides is 1. The lowest BCUT2D eigenvalue weighted by Gasteiger charge is -2.33. The molecule has 0 saturated carbocycles. The quantitative estimate of drug-likeness (QED) is 0.868. The van der Waals surface area contributed by atoms with Crippen LogP contribution in [0.2, 0.25) is 0 Å². The average molecular weight is 276 g/mol. The van der Waals surface area contributed by atoms with Crippen molar-refractivity contribution in [1.82, 2.24) is 5.32 Å². The van der Waals surface area contributed by atoms with Gasteiger partial charge in [-0.2, -0.15) is 0 Å². The average Bonchev–Trinajstić information content (AvgIpc) is 2.42. The van der Waals surface area contributed by atoms with Gasteiger partial charge in [0.1, 0.15) is 0 Å². The number of rotatable bonds is 5. The zero-order valence-corrected chi connectivity index (χ0v) is 12.4. The van der Waals surface area contributed by atoms with Crippen molar-refractivity contribution in [2.75, 3.05) is 31.6 Å². The third kappa shape index (κ3) is 4.32. The number of aryl methyl sites for hydroxylation is 1. The number of carbonyl (C=O) groups is 1. The van der Waals surface area contributed by atoms with Gasteiger partial charge in [-0.1, -0.05) is 25.1 Å². The second-order valence-electron chi connectivity index (χ2n) is 5.89. The first-order chi connectivity index (χ1) is 9.59. The number of benzene rings is 1. The number of nitrogens with one attached hydrogen (secondary N) is 2. The van der Waals surface area contributed by atoms with Crippen LogP contribution in [-0.4, -0.2) is 32.2 Å². The van der Waals surface area contributed by atoms with Gasteiger partial charge in [0.15, 0.2) is 0 Å². The van der Waals surface area contributed by atoms with Gasteiger partial charge in [-0.25, -0.2) is 0 Å². The van der Waals surface area contributed by atoms with Gasteiger partial charge in [0, 0.05) is 25.4 Å². The minimum absolute atomic E-state index is 0.00922. The summed E-state index contributed by atoms with van der Waals surface area (Å²) in [5.41, 5.74) is 2.22. The van der Waals surface area contributed by atoms with E-state index in [1.54, 1.807) is 0 Å². The van der Waals surface area contributed by atoms with Gasteiger partial charge >= 0.3 is 0 Å². The maximum absolute atomic E-state index is 11.9. The fourth-order valence-electron chi connectivity index (χ4n) is 2.43. The minimum atomic E-state index is 0.00922. The van der Waals surface area contributed by atoms with Crippen LogP contribution in [0.25, 0.3) is 0 Å². The third-order valence-corrected chi connectivity index (χ3v) is 3.96. The molecule has 1 heterocycles. The second kappa shape index (κ2) is 6.86. The van der Waals surface area contributed by atoms with Crippen molar-refractivity contribution >= 4 is 11.6 Å². The van der Waals surface area contributed by atoms with Gasteiger partial charge in [-0.05, 0) is 36.8 Å². The molecule has 0 aliphatic carbocycles. The molecule has 1 saturated heterocycles. The molecule has 0 bridgehead atoms. The van der Waals surface area contributed by atoms with Gasteiger partial charge in [-0.3, -0.25) is 4.79 Å². The van der Waals surface area contributed by atoms with E-state index in [0.29, 0.717) is 6.54 Å². The zero-order chi connectivity index (χ0) is 14.4. The lowest BCUT2D eigenvalue weighted by atomic mass is 9.82. The molecular formula is C16H24N2O2. The molecule has 4 nitrogen and oxygen atoms in total. The molecule has 1 fully saturated rings. The Balaban J connectivity index is 1.74. The standard InChI is InChI=1S/C16H24N2O2/c1-13-5-3-4-6-14(13)18-15(19)11-17-12-16(2)7-9-20-10-8-16/h3-6,17H,7-12H2,1-2H3,(H,18,19). The number of anilines is 1. The zero-order valence-electron chi connectivity index (χ0n) is 12.4. The molecule has 0 aromatic heterocycles. The summed E-state index contributed by atoms with van der Waals surface area (Å²) < 4.78 is 5.38. The molecule has 1 aliphatic rings. The molecule has 1 aromatic rings. The Morgan fingerprint density at radius 3 is 2.70 bits per heavy atom. The summed E-state index contributed by atoms with van der Waals surface area (Å²) in [6.45, 7) is 7.11. The van der Waals surface area contributed by atoms with Gasteiger partial charge in [0.2, 0.25) is 5.91 Å². The Labute approximate surface area is 120 Å². The second-order valence-corrected chi connectivity index (χ2v) is 5.89. The van der Waals surface area contributed by atoms with Crippen molar-refractivity contribution < 1.29 is 9.53 Å². The lowest BCUT2D eigenvalue weighted by molar-refractivity contribution is -0.115. The highest BCUT2D eigenvalue weighted by Gasteiger charge is 2.26. The van der Waals surface area contributed by atoms with E-state index in [1.807, 2.05) is 31.2 Å². The van der Waals surface area contributed by atoms with Gasteiger partial charge in [0.25, 0.3) is 0 Å². The van der Waals surface area contributed by atoms with Crippen LogP contribution in [0.4, 0.5) is 5.69 Å². The third-order valence-electron chi connectivity index (χ3n) is 3.96. The Kier molecular flexibility index (Phi) is 5.15. The van der Waals surface area contributed by atoms with E-state index in [1.165, 1.54) is 0 Å². The highest BCUT2D eigenvalue weighted by Crippen LogP contribution is 2.28. The van der Waals surface area contributed by atoms with Crippen LogP contribution in [0.15, 0.2) is 24.3 Å². The predicted octanol–water partition coefficient (Wildman–Crippen LogP) is 2.34. The summed E-state index contributed by atoms with van der Waals surface area (Å²) in [5.74, 6) is 0.00922. The monoisotopic (exact) mass is 276 g/mol. The molecule has 4 heteroatoms. The Morgan fingerprint density at radius 2 is 2.00 bits per heavy atom. The summed E-state index contributed by atoms with van der Waals surface area (Å²) in [4.78, 5) is 11.9. The van der Waals surface area contributed by atoms with Crippen molar-refractivity contribution in [1.29, 1.82) is 0 Å². The summed E-state index contributed by atoms with van der Waals surface area (Å²) in [7, 11) is 0. The molecule has 20 heavy (non-hydrogen) atoms. The van der Waals surface area contributed by atoms with Gasteiger partial charge < -0.3 is 15.4 Å². The number of carbonyl (C=O) groups excluding carboxylic acids is 1. The van der Waals surface area contributed by atoms with Crippen molar-refractivity contribution in [3.05, 3.63) is 29.8 Å². The SMILES string of the molecule is Cc1ccccc1NC(=O)CNCC1(C)CCOCC1. The molecule has 2 N–H and O–H groups in total. The van der Waals surface area contributed by atoms with Crippen molar-refractivity contribution in [2.24, 2.45) is 5.41 Å². The van der Waals surface area contributed by atoms with Crippen molar-refractivity contribution in [2.45, 2.75) is 26.7 Å². The Bertz CT molecular complexity index is 454. The highest BCUT2D eigenvalue weighted by atomic mass is 16.5. The molecule has 0 spiro atoms. The van der Waals surface area contributed by atoms with E-state index in [9.17, 15) is 4.79 Å². The largest absolute Gasteiger partial charge is 0.381 e. The summed E-state index contributed by atoms with van der Waals surface area (Å²) >= 11 is 0. The number of hydrogen-bond acceptors (Lipinski definition) is 3. The molecule has 0 unspecified atom stereocenters. The van der Waals surface area contributed by atoms with Crippen molar-refractivity contribution in [3.63, 3.8) is 0 Å². The maximum atomic E-state index is 11.9. The van der Waals surface area contributed by atoms with Crippen LogP contribution < -0.4 is 10.6 Å². The van der Waals surface area contributed by atoms with E-state index < -0.39 is 0 Å². The number of hydrogen-bond donors (Lipinski definition) is 2. The van der Waals surface area contributed by atoms with Crippen LogP contribution in [0.5, 0.6) is 0 Å². The van der Waals surface area contributed by atoms with E-state index in [2.05, 4.69) is 17.6 Å². The Hall–Kier alpha value is -1.39. The number of para-hydroxylation sites is 1. The first-order valence-corrected chi connectivity index (χ1v) is 7.23. The van der Waals surface area contributed by atoms with Crippen LogP contribution in [0.1, 0.15) is 25.3 Å². The fraction of sp³-hybridized carbons (Fsp3) is 0.562. The van der Waals surface area contributed by atoms with Gasteiger partial charge in [-0.15, -0.1) is 0 Å². The fourth-order valence-corrected chi connectivity index (χ4v) is 2.43. The normalized spacial score (nSPS) is 17.7. The van der Waals surface area contributed by atoms with Crippen molar-refractivity contribution in [3.8, 4) is 0 Å². The van der Waals surface area contributed by atoms with E-state index in [4.69, 9.17) is 4.74 Å². The molecule has 1 amide bonds. The van der Waals surface area contributed by atoms with Crippen LogP contribution in [-0.2, 0) is 9.53 Å². The molecule has 1 aliphatic heterocycles. The molecule has 1 aromatic carbocycles. The van der Waals surface area contributed by atoms with Gasteiger partial charge in [0.05, 0.1) is 6.54 Å². The van der Waals surface area contributed by atoms with Crippen LogP contribution in [0, 0.1) is 12.3 Å². The highest BCUT2D eigenvalue weighted by molar-refractivity contribution is 5.92. The Morgan fingerprint density at radius 1 is 1.30 bits per heavy atom. The molecule has 2 rings (SSSR count). The van der Waals surface area contributed by atoms with Crippen LogP contribution >= 0.6 is 0 Å². The van der Waals surface area contributed by atoms with E-state index in [-0.39, 0.29) is 11.3 Å². The summed E-state index contributed by atoms with van der Waals surface area (Å²) in [6, 6.07) is 7.81. The number of ether oxygens (including phenoxy) is 1. The van der Waals surface area contributed by atoms with E-state index in [0.717, 1.165) is 43.9 Å². The molecule has 0 atom stereocenters. The first-order valence-electron chi connectivity index (χ1n) is 7.23. The molecule has 0 radical (unpaired) electrons. The smallest absolute Gasteiger partial charge is 0.238 e. The molecule has 110 valence electrons. The first kappa shape index (κ1) is 15.0. The summed E-state index contributed by atoms with van der Waals surface area (Å²) in [5, 5.41) is 6.20. The molecular weight excluding hydrogens is 252 g/mol. The maximum Gasteiger partial charge on any atom is 0.238 e. The summed E-state index contributed by atoms with van der Waals surface area (Å²) in [6.07, 6.45) is 2.11. The van der Waals surface area contributed by atoms with E-state index >= 15 is 0 Å². The lowest BCUT2D eigenvalue weighted by Crippen LogP contribution is -2.39. The topological polar surface area (TPSA) is 50.4 Å². The predicted molar refractivity (Wildman–Crippen MR) is 80.8 cm³/mol. The minimum Gasteiger partial charge on any atom is -0.381 e. The van der Waals surface area contributed by atoms with Crippen LogP contribution in [0.3, 0.4) is 0 Å².